The Hall–Kier alpha value is -3.54. The first-order valence-corrected chi connectivity index (χ1v) is 8.18. The number of aromatic nitrogens is 4. The van der Waals surface area contributed by atoms with E-state index in [1.54, 1.807) is 18.6 Å². The molecule has 0 aliphatic heterocycles. The van der Waals surface area contributed by atoms with Gasteiger partial charge in [0.15, 0.2) is 11.6 Å². The zero-order valence-corrected chi connectivity index (χ0v) is 14.2. The summed E-state index contributed by atoms with van der Waals surface area (Å²) in [5.41, 5.74) is 3.02. The Bertz CT molecular complexity index is 1110. The number of rotatable bonds is 4. The van der Waals surface area contributed by atoms with Crippen LogP contribution in [0.4, 0.5) is 0 Å². The largest absolute Gasteiger partial charge is 0.484 e. The molecule has 0 aliphatic carbocycles. The minimum absolute atomic E-state index is 0.135. The molecule has 4 aromatic rings. The molecule has 0 atom stereocenters. The molecule has 0 fully saturated rings. The smallest absolute Gasteiger partial charge is 0.258 e. The molecule has 0 spiro atoms. The second-order valence-electron chi connectivity index (χ2n) is 5.92. The molecule has 0 amide bonds. The van der Waals surface area contributed by atoms with Gasteiger partial charge in [0.25, 0.3) is 5.56 Å². The van der Waals surface area contributed by atoms with Gasteiger partial charge in [-0.2, -0.15) is 0 Å². The topological polar surface area (TPSA) is 69.4 Å². The van der Waals surface area contributed by atoms with Gasteiger partial charge in [-0.3, -0.25) is 9.20 Å². The third kappa shape index (κ3) is 3.30. The normalized spacial score (nSPS) is 10.8. The standard InChI is InChI=1S/C20H16N4O2/c1-14-7-8-24-18(9-14)23-16(10-19(24)25)13-26-17-11-21-20(22-12-17)15-5-3-2-4-6-15/h2-12H,13H2,1H3. The van der Waals surface area contributed by atoms with Crippen LogP contribution in [0.3, 0.4) is 0 Å². The highest BCUT2D eigenvalue weighted by Gasteiger charge is 2.05. The maximum Gasteiger partial charge on any atom is 0.258 e. The van der Waals surface area contributed by atoms with Crippen molar-refractivity contribution in [2.24, 2.45) is 0 Å². The van der Waals surface area contributed by atoms with Crippen molar-refractivity contribution in [3.05, 3.63) is 88.7 Å². The first kappa shape index (κ1) is 16.0. The van der Waals surface area contributed by atoms with E-state index in [1.165, 1.54) is 10.5 Å². The van der Waals surface area contributed by atoms with Crippen LogP contribution in [0.25, 0.3) is 17.0 Å². The fourth-order valence-electron chi connectivity index (χ4n) is 2.61. The zero-order chi connectivity index (χ0) is 17.9. The number of nitrogens with zero attached hydrogens (tertiary/aromatic N) is 4. The lowest BCUT2D eigenvalue weighted by Gasteiger charge is -2.07. The first-order chi connectivity index (χ1) is 12.7. The lowest BCUT2D eigenvalue weighted by Crippen LogP contribution is -2.16. The van der Waals surface area contributed by atoms with Gasteiger partial charge in [0.2, 0.25) is 0 Å². The monoisotopic (exact) mass is 344 g/mol. The van der Waals surface area contributed by atoms with E-state index in [0.29, 0.717) is 22.9 Å². The number of benzene rings is 1. The number of fused-ring (bicyclic) bond motifs is 1. The summed E-state index contributed by atoms with van der Waals surface area (Å²) < 4.78 is 7.19. The molecule has 0 aliphatic rings. The van der Waals surface area contributed by atoms with Crippen LogP contribution in [-0.4, -0.2) is 19.4 Å². The van der Waals surface area contributed by atoms with Gasteiger partial charge in [0, 0.05) is 17.8 Å². The van der Waals surface area contributed by atoms with Crippen LogP contribution in [0.5, 0.6) is 5.75 Å². The van der Waals surface area contributed by atoms with Gasteiger partial charge < -0.3 is 4.74 Å². The zero-order valence-electron chi connectivity index (χ0n) is 14.2. The summed E-state index contributed by atoms with van der Waals surface area (Å²) in [6.45, 7) is 2.13. The minimum Gasteiger partial charge on any atom is -0.484 e. The fraction of sp³-hybridized carbons (Fsp3) is 0.100. The number of hydrogen-bond donors (Lipinski definition) is 0. The average molecular weight is 344 g/mol. The quantitative estimate of drug-likeness (QED) is 0.569. The van der Waals surface area contributed by atoms with E-state index >= 15 is 0 Å². The highest BCUT2D eigenvalue weighted by atomic mass is 16.5. The Labute approximate surface area is 149 Å². The lowest BCUT2D eigenvalue weighted by atomic mass is 10.2. The van der Waals surface area contributed by atoms with Crippen molar-refractivity contribution in [1.29, 1.82) is 0 Å². The van der Waals surface area contributed by atoms with Crippen LogP contribution >= 0.6 is 0 Å². The molecule has 0 unspecified atom stereocenters. The van der Waals surface area contributed by atoms with Gasteiger partial charge in [-0.15, -0.1) is 0 Å². The summed E-state index contributed by atoms with van der Waals surface area (Å²) in [5.74, 6) is 1.16. The highest BCUT2D eigenvalue weighted by Crippen LogP contribution is 2.16. The van der Waals surface area contributed by atoms with Gasteiger partial charge in [-0.05, 0) is 24.6 Å². The molecule has 1 aromatic carbocycles. The Morgan fingerprint density at radius 2 is 1.81 bits per heavy atom. The summed E-state index contributed by atoms with van der Waals surface area (Å²) in [6.07, 6.45) is 4.96. The van der Waals surface area contributed by atoms with Crippen molar-refractivity contribution in [2.75, 3.05) is 0 Å². The van der Waals surface area contributed by atoms with Gasteiger partial charge in [0.1, 0.15) is 12.3 Å². The first-order valence-electron chi connectivity index (χ1n) is 8.18. The predicted molar refractivity (Wildman–Crippen MR) is 98.0 cm³/mol. The molecule has 128 valence electrons. The van der Waals surface area contributed by atoms with Crippen LogP contribution in [0.2, 0.25) is 0 Å². The molecule has 0 radical (unpaired) electrons. The number of pyridine rings is 1. The number of ether oxygens (including phenoxy) is 1. The Morgan fingerprint density at radius 3 is 2.58 bits per heavy atom. The molecule has 0 saturated heterocycles. The molecule has 0 N–H and O–H groups in total. The summed E-state index contributed by atoms with van der Waals surface area (Å²) in [6, 6.07) is 14.9. The van der Waals surface area contributed by atoms with E-state index in [-0.39, 0.29) is 12.2 Å². The van der Waals surface area contributed by atoms with E-state index in [0.717, 1.165) is 11.1 Å². The number of hydrogen-bond acceptors (Lipinski definition) is 5. The summed E-state index contributed by atoms with van der Waals surface area (Å²) in [4.78, 5) is 25.3. The van der Waals surface area contributed by atoms with E-state index in [9.17, 15) is 4.79 Å². The molecular formula is C20H16N4O2. The molecule has 0 saturated carbocycles. The van der Waals surface area contributed by atoms with E-state index in [1.807, 2.05) is 49.4 Å². The molecule has 6 heteroatoms. The second kappa shape index (κ2) is 6.76. The van der Waals surface area contributed by atoms with Gasteiger partial charge in [0.05, 0.1) is 18.1 Å². The van der Waals surface area contributed by atoms with Crippen molar-refractivity contribution in [1.82, 2.24) is 19.4 Å². The fourth-order valence-corrected chi connectivity index (χ4v) is 2.61. The van der Waals surface area contributed by atoms with Crippen LogP contribution in [0.15, 0.2) is 71.9 Å². The molecular weight excluding hydrogens is 328 g/mol. The van der Waals surface area contributed by atoms with Gasteiger partial charge in [-0.25, -0.2) is 15.0 Å². The van der Waals surface area contributed by atoms with Crippen LogP contribution in [0, 0.1) is 6.92 Å². The second-order valence-corrected chi connectivity index (χ2v) is 5.92. The van der Waals surface area contributed by atoms with Crippen LogP contribution < -0.4 is 10.3 Å². The van der Waals surface area contributed by atoms with Gasteiger partial charge in [-0.1, -0.05) is 30.3 Å². The highest BCUT2D eigenvalue weighted by molar-refractivity contribution is 5.54. The van der Waals surface area contributed by atoms with Crippen LogP contribution in [0.1, 0.15) is 11.3 Å². The molecule has 4 rings (SSSR count). The predicted octanol–water partition coefficient (Wildman–Crippen LogP) is 3.04. The van der Waals surface area contributed by atoms with E-state index in [2.05, 4.69) is 15.0 Å². The van der Waals surface area contributed by atoms with E-state index in [4.69, 9.17) is 4.74 Å². The van der Waals surface area contributed by atoms with Crippen molar-refractivity contribution < 1.29 is 4.74 Å². The molecule has 3 heterocycles. The Balaban J connectivity index is 1.52. The maximum atomic E-state index is 12.2. The third-order valence-corrected chi connectivity index (χ3v) is 3.92. The Kier molecular flexibility index (Phi) is 4.15. The Morgan fingerprint density at radius 1 is 1.04 bits per heavy atom. The molecule has 3 aromatic heterocycles. The van der Waals surface area contributed by atoms with Crippen molar-refractivity contribution >= 4 is 5.65 Å². The van der Waals surface area contributed by atoms with Crippen molar-refractivity contribution in [3.63, 3.8) is 0 Å². The lowest BCUT2D eigenvalue weighted by molar-refractivity contribution is 0.299. The summed E-state index contributed by atoms with van der Waals surface area (Å²) >= 11 is 0. The van der Waals surface area contributed by atoms with E-state index < -0.39 is 0 Å². The third-order valence-electron chi connectivity index (χ3n) is 3.92. The average Bonchev–Trinajstić information content (AvgIpc) is 2.67. The van der Waals surface area contributed by atoms with Gasteiger partial charge >= 0.3 is 0 Å². The van der Waals surface area contributed by atoms with Crippen molar-refractivity contribution in [2.45, 2.75) is 13.5 Å². The molecule has 0 bridgehead atoms. The van der Waals surface area contributed by atoms with Crippen molar-refractivity contribution in [3.8, 4) is 17.1 Å². The number of aryl methyl sites for hydroxylation is 1. The SMILES string of the molecule is Cc1ccn2c(=O)cc(COc3cnc(-c4ccccc4)nc3)nc2c1. The molecule has 26 heavy (non-hydrogen) atoms. The molecule has 6 nitrogen and oxygen atoms in total. The minimum atomic E-state index is -0.135. The summed E-state index contributed by atoms with van der Waals surface area (Å²) in [5, 5.41) is 0. The van der Waals surface area contributed by atoms with Crippen LogP contribution in [-0.2, 0) is 6.61 Å². The summed E-state index contributed by atoms with van der Waals surface area (Å²) in [7, 11) is 0. The maximum absolute atomic E-state index is 12.2.